The zero-order valence-electron chi connectivity index (χ0n) is 20.8. The Morgan fingerprint density at radius 3 is 2.68 bits per heavy atom. The van der Waals surface area contributed by atoms with E-state index < -0.39 is 63.0 Å². The second kappa shape index (κ2) is 8.86. The average Bonchev–Trinajstić information content (AvgIpc) is 3.47. The molecule has 10 heteroatoms. The molecule has 4 aliphatic carbocycles. The lowest BCUT2D eigenvalue weighted by molar-refractivity contribution is -0.176. The van der Waals surface area contributed by atoms with E-state index in [1.165, 1.54) is 25.3 Å². The number of ether oxygens (including phenoxy) is 1. The van der Waals surface area contributed by atoms with Gasteiger partial charge in [0.15, 0.2) is 5.60 Å². The Labute approximate surface area is 216 Å². The van der Waals surface area contributed by atoms with Crippen LogP contribution in [0.5, 0.6) is 0 Å². The number of allylic oxidation sites excluding steroid dienone is 4. The quantitative estimate of drug-likeness (QED) is 0.508. The van der Waals surface area contributed by atoms with Crippen LogP contribution in [0.15, 0.2) is 46.1 Å². The Bertz CT molecular complexity index is 1210. The predicted octanol–water partition coefficient (Wildman–Crippen LogP) is 5.48. The first kappa shape index (κ1) is 26.3. The molecule has 1 N–H and O–H groups in total. The Morgan fingerprint density at radius 1 is 1.30 bits per heavy atom. The van der Waals surface area contributed by atoms with E-state index in [4.69, 9.17) is 9.15 Å². The topological polar surface area (TPSA) is 93.8 Å². The van der Waals surface area contributed by atoms with Crippen LogP contribution in [-0.4, -0.2) is 39.7 Å². The molecule has 200 valence electrons. The van der Waals surface area contributed by atoms with Gasteiger partial charge in [0.25, 0.3) is 0 Å². The number of halogens is 3. The van der Waals surface area contributed by atoms with Crippen molar-refractivity contribution in [3.63, 3.8) is 0 Å². The summed E-state index contributed by atoms with van der Waals surface area (Å²) in [5.41, 5.74) is -3.91. The van der Waals surface area contributed by atoms with Gasteiger partial charge < -0.3 is 14.3 Å². The van der Waals surface area contributed by atoms with E-state index in [9.17, 15) is 28.3 Å². The maximum atomic E-state index is 15.6. The molecule has 8 atom stereocenters. The number of ketones is 1. The minimum Gasteiger partial charge on any atom is -0.457 e. The van der Waals surface area contributed by atoms with Gasteiger partial charge in [0.2, 0.25) is 22.5 Å². The van der Waals surface area contributed by atoms with E-state index in [0.717, 1.165) is 6.08 Å². The van der Waals surface area contributed by atoms with Gasteiger partial charge in [0.05, 0.1) is 12.4 Å². The van der Waals surface area contributed by atoms with Gasteiger partial charge in [0, 0.05) is 16.7 Å². The summed E-state index contributed by atoms with van der Waals surface area (Å²) in [5, 5.41) is 10.9. The summed E-state index contributed by atoms with van der Waals surface area (Å²) in [7, 11) is 0. The lowest BCUT2D eigenvalue weighted by atomic mass is 9.44. The molecule has 5 rings (SSSR count). The number of carbonyl (C=O) groups is 3. The monoisotopic (exact) mass is 538 g/mol. The number of rotatable bonds is 4. The summed E-state index contributed by atoms with van der Waals surface area (Å²) < 4.78 is 54.6. The molecule has 4 aliphatic rings. The number of hydrogen-bond donors (Lipinski definition) is 1. The van der Waals surface area contributed by atoms with Crippen LogP contribution in [-0.2, 0) is 14.3 Å². The number of alkyl halides is 1. The zero-order valence-corrected chi connectivity index (χ0v) is 21.6. The number of furan rings is 1. The number of hydrogen-bond acceptors (Lipinski definition) is 7. The van der Waals surface area contributed by atoms with E-state index in [2.05, 4.69) is 0 Å². The lowest BCUT2D eigenvalue weighted by Gasteiger charge is -2.61. The molecule has 1 heterocycles. The third-order valence-corrected chi connectivity index (χ3v) is 10.4. The number of aliphatic hydroxyl groups is 1. The van der Waals surface area contributed by atoms with Crippen molar-refractivity contribution in [3.05, 3.63) is 47.5 Å². The fourth-order valence-corrected chi connectivity index (χ4v) is 8.85. The van der Waals surface area contributed by atoms with Crippen molar-refractivity contribution in [2.75, 3.05) is 6.01 Å². The fraction of sp³-hybridized carbons (Fsp3) is 0.593. The van der Waals surface area contributed by atoms with Crippen LogP contribution in [0.1, 0.15) is 57.0 Å². The van der Waals surface area contributed by atoms with Crippen LogP contribution < -0.4 is 0 Å². The average molecular weight is 539 g/mol. The van der Waals surface area contributed by atoms with Crippen molar-refractivity contribution >= 4 is 28.6 Å². The Hall–Kier alpha value is -2.33. The molecule has 0 bridgehead atoms. The van der Waals surface area contributed by atoms with Gasteiger partial charge in [0.1, 0.15) is 11.8 Å². The van der Waals surface area contributed by atoms with Crippen molar-refractivity contribution in [1.29, 1.82) is 0 Å². The first-order valence-corrected chi connectivity index (χ1v) is 13.4. The maximum absolute atomic E-state index is 15.6. The molecule has 1 aromatic rings. The number of fused-ring (bicyclic) bond motifs is 5. The lowest BCUT2D eigenvalue weighted by Crippen LogP contribution is -2.63. The predicted molar refractivity (Wildman–Crippen MR) is 128 cm³/mol. The van der Waals surface area contributed by atoms with Crippen molar-refractivity contribution in [1.82, 2.24) is 0 Å². The van der Waals surface area contributed by atoms with Gasteiger partial charge in [-0.05, 0) is 80.3 Å². The number of thioether (sulfide) groups is 1. The Morgan fingerprint density at radius 2 is 2.03 bits per heavy atom. The molecule has 0 unspecified atom stereocenters. The van der Waals surface area contributed by atoms with Gasteiger partial charge in [-0.25, -0.2) is 13.6 Å². The highest BCUT2D eigenvalue weighted by Crippen LogP contribution is 2.70. The molecule has 0 aliphatic heterocycles. The largest absolute Gasteiger partial charge is 0.457 e. The summed E-state index contributed by atoms with van der Waals surface area (Å²) in [4.78, 5) is 38.5. The molecule has 0 saturated heterocycles. The van der Waals surface area contributed by atoms with Gasteiger partial charge >= 0.3 is 5.97 Å². The molecular weight excluding hydrogens is 509 g/mol. The van der Waals surface area contributed by atoms with Crippen molar-refractivity contribution in [2.24, 2.45) is 34.5 Å². The SMILES string of the molecule is C[C@H]1C[C@@H]2[C@H]([C@@H](O)C[C@@]3(C)[C@H]2CC[C@]3(OC(=O)c2ccco2)C(=O)SCF)[C@]2(C)C1=CC(=O)C(F)=C2F. The second-order valence-corrected chi connectivity index (χ2v) is 12.1. The molecule has 37 heavy (non-hydrogen) atoms. The van der Waals surface area contributed by atoms with Crippen molar-refractivity contribution < 1.29 is 41.8 Å². The Balaban J connectivity index is 1.59. The van der Waals surface area contributed by atoms with E-state index >= 15 is 4.39 Å². The molecule has 6 nitrogen and oxygen atoms in total. The normalized spacial score (nSPS) is 41.0. The van der Waals surface area contributed by atoms with E-state index in [0.29, 0.717) is 30.2 Å². The first-order valence-electron chi connectivity index (χ1n) is 12.4. The van der Waals surface area contributed by atoms with Crippen molar-refractivity contribution in [2.45, 2.75) is 58.2 Å². The molecule has 0 radical (unpaired) electrons. The zero-order chi connectivity index (χ0) is 26.9. The third-order valence-electron chi connectivity index (χ3n) is 9.65. The van der Waals surface area contributed by atoms with Crippen LogP contribution in [0.3, 0.4) is 0 Å². The molecule has 1 aromatic heterocycles. The molecular formula is C27H29F3O6S. The first-order chi connectivity index (χ1) is 17.4. The van der Waals surface area contributed by atoms with Crippen LogP contribution >= 0.6 is 11.8 Å². The summed E-state index contributed by atoms with van der Waals surface area (Å²) in [5.74, 6) is -6.33. The highest BCUT2D eigenvalue weighted by molar-refractivity contribution is 8.13. The Kier molecular flexibility index (Phi) is 6.30. The van der Waals surface area contributed by atoms with Gasteiger partial charge in [-0.1, -0.05) is 19.4 Å². The van der Waals surface area contributed by atoms with Crippen LogP contribution in [0.25, 0.3) is 0 Å². The molecule has 0 aromatic carbocycles. The summed E-state index contributed by atoms with van der Waals surface area (Å²) >= 11 is 0.412. The maximum Gasteiger partial charge on any atom is 0.375 e. The highest BCUT2D eigenvalue weighted by Gasteiger charge is 2.72. The molecule has 3 saturated carbocycles. The number of carbonyl (C=O) groups excluding carboxylic acids is 3. The van der Waals surface area contributed by atoms with Crippen LogP contribution in [0.4, 0.5) is 13.2 Å². The highest BCUT2D eigenvalue weighted by atomic mass is 32.2. The van der Waals surface area contributed by atoms with Crippen molar-refractivity contribution in [3.8, 4) is 0 Å². The third kappa shape index (κ3) is 3.47. The fourth-order valence-electron chi connectivity index (χ4n) is 8.15. The molecule has 3 fully saturated rings. The number of esters is 1. The van der Waals surface area contributed by atoms with E-state index in [1.807, 2.05) is 6.92 Å². The van der Waals surface area contributed by atoms with Gasteiger partial charge in [-0.3, -0.25) is 9.59 Å². The van der Waals surface area contributed by atoms with Gasteiger partial charge in [-0.15, -0.1) is 0 Å². The standard InChI is InChI=1S/C27H29F3O6S/c1-13-9-14-15-6-7-27(24(34)37-12-28,36-23(33)19-5-4-8-35-19)25(15,2)11-18(32)20(14)26(3)16(13)10-17(31)21(29)22(26)30/h4-5,8,10,13-15,18,20,32H,6-7,9,11-12H2,1-3H3/t13-,14-,15-,18-,20+,25-,26-,27-/m0/s1. The van der Waals surface area contributed by atoms with E-state index in [-0.39, 0.29) is 36.4 Å². The summed E-state index contributed by atoms with van der Waals surface area (Å²) in [6.45, 7) is 5.13. The molecule has 0 spiro atoms. The van der Waals surface area contributed by atoms with Gasteiger partial charge in [-0.2, -0.15) is 4.39 Å². The number of aliphatic hydroxyl groups excluding tert-OH is 1. The second-order valence-electron chi connectivity index (χ2n) is 11.2. The summed E-state index contributed by atoms with van der Waals surface area (Å²) in [6.07, 6.45) is 2.17. The minimum atomic E-state index is -1.74. The van der Waals surface area contributed by atoms with E-state index in [1.54, 1.807) is 6.92 Å². The van der Waals surface area contributed by atoms with Crippen LogP contribution in [0, 0.1) is 34.5 Å². The smallest absolute Gasteiger partial charge is 0.375 e. The molecule has 0 amide bonds. The summed E-state index contributed by atoms with van der Waals surface area (Å²) in [6, 6.07) is 1.89. The minimum absolute atomic E-state index is 0.0526. The van der Waals surface area contributed by atoms with Crippen LogP contribution in [0.2, 0.25) is 0 Å².